The number of amides is 3. The van der Waals surface area contributed by atoms with Gasteiger partial charge in [0.05, 0.1) is 9.21 Å². The summed E-state index contributed by atoms with van der Waals surface area (Å²) in [5, 5.41) is 5.17. The third-order valence-corrected chi connectivity index (χ3v) is 5.82. The van der Waals surface area contributed by atoms with E-state index in [1.165, 1.54) is 22.7 Å². The molecule has 2 aromatic heterocycles. The molecule has 3 heterocycles. The Hall–Kier alpha value is -1.64. The lowest BCUT2D eigenvalue weighted by Gasteiger charge is -2.34. The van der Waals surface area contributed by atoms with E-state index in [-0.39, 0.29) is 11.9 Å². The molecule has 1 aliphatic rings. The standard InChI is InChI=1S/C14H15ClN4O2S2/c1-16-14(21)19-6-4-18(5-7-19)13(20)9-8-22-12(17-9)10-2-3-11(15)23-10/h2-3,8H,4-7H2,1H3,(H,16,21). The van der Waals surface area contributed by atoms with Crippen LogP contribution in [-0.2, 0) is 0 Å². The summed E-state index contributed by atoms with van der Waals surface area (Å²) in [5.74, 6) is -0.0910. The second-order valence-corrected chi connectivity index (χ2v) is 7.55. The molecule has 1 N–H and O–H groups in total. The molecule has 3 rings (SSSR count). The highest BCUT2D eigenvalue weighted by Crippen LogP contribution is 2.33. The molecule has 0 aliphatic carbocycles. The smallest absolute Gasteiger partial charge is 0.317 e. The maximum absolute atomic E-state index is 12.5. The number of carbonyl (C=O) groups excluding carboxylic acids is 2. The van der Waals surface area contributed by atoms with Crippen molar-refractivity contribution >= 4 is 46.2 Å². The van der Waals surface area contributed by atoms with Gasteiger partial charge in [0, 0.05) is 38.6 Å². The summed E-state index contributed by atoms with van der Waals surface area (Å²) in [7, 11) is 1.60. The Labute approximate surface area is 146 Å². The van der Waals surface area contributed by atoms with Crippen molar-refractivity contribution in [2.45, 2.75) is 0 Å². The topological polar surface area (TPSA) is 65.5 Å². The SMILES string of the molecule is CNC(=O)N1CCN(C(=O)c2csc(-c3ccc(Cl)s3)n2)CC1. The predicted molar refractivity (Wildman–Crippen MR) is 92.4 cm³/mol. The minimum Gasteiger partial charge on any atom is -0.341 e. The molecule has 0 spiro atoms. The summed E-state index contributed by atoms with van der Waals surface area (Å²) < 4.78 is 0.702. The molecule has 9 heteroatoms. The largest absolute Gasteiger partial charge is 0.341 e. The van der Waals surface area contributed by atoms with E-state index in [0.29, 0.717) is 36.2 Å². The lowest BCUT2D eigenvalue weighted by atomic mass is 10.3. The maximum Gasteiger partial charge on any atom is 0.317 e. The fourth-order valence-corrected chi connectivity index (χ4v) is 4.26. The van der Waals surface area contributed by atoms with Crippen LogP contribution in [-0.4, -0.2) is 59.9 Å². The highest BCUT2D eigenvalue weighted by atomic mass is 35.5. The Morgan fingerprint density at radius 1 is 1.22 bits per heavy atom. The van der Waals surface area contributed by atoms with Crippen molar-refractivity contribution in [1.82, 2.24) is 20.1 Å². The Morgan fingerprint density at radius 3 is 2.52 bits per heavy atom. The number of nitrogens with one attached hydrogen (secondary N) is 1. The summed E-state index contributed by atoms with van der Waals surface area (Å²) >= 11 is 8.82. The number of halogens is 1. The summed E-state index contributed by atoms with van der Waals surface area (Å²) in [5.41, 5.74) is 0.447. The molecule has 0 bridgehead atoms. The fraction of sp³-hybridized carbons (Fsp3) is 0.357. The molecule has 0 aromatic carbocycles. The number of nitrogens with zero attached hydrogens (tertiary/aromatic N) is 3. The number of hydrogen-bond donors (Lipinski definition) is 1. The molecule has 0 radical (unpaired) electrons. The van der Waals surface area contributed by atoms with Crippen LogP contribution in [0.4, 0.5) is 4.79 Å². The highest BCUT2D eigenvalue weighted by Gasteiger charge is 2.25. The van der Waals surface area contributed by atoms with Gasteiger partial charge in [-0.15, -0.1) is 22.7 Å². The first-order chi connectivity index (χ1) is 11.1. The number of aromatic nitrogens is 1. The van der Waals surface area contributed by atoms with Crippen LogP contribution in [0.5, 0.6) is 0 Å². The molecule has 3 amide bonds. The number of thiazole rings is 1. The summed E-state index contributed by atoms with van der Waals surface area (Å²) in [6.45, 7) is 2.10. The molecule has 1 saturated heterocycles. The van der Waals surface area contributed by atoms with Gasteiger partial charge in [0.25, 0.3) is 5.91 Å². The van der Waals surface area contributed by atoms with E-state index in [1.54, 1.807) is 22.2 Å². The van der Waals surface area contributed by atoms with Crippen molar-refractivity contribution < 1.29 is 9.59 Å². The van der Waals surface area contributed by atoms with Crippen molar-refractivity contribution in [1.29, 1.82) is 0 Å². The van der Waals surface area contributed by atoms with Crippen molar-refractivity contribution in [3.05, 3.63) is 27.5 Å². The third kappa shape index (κ3) is 3.49. The predicted octanol–water partition coefficient (Wildman–Crippen LogP) is 2.62. The van der Waals surface area contributed by atoms with E-state index in [4.69, 9.17) is 11.6 Å². The summed E-state index contributed by atoms with van der Waals surface area (Å²) in [6, 6.07) is 3.62. The first-order valence-corrected chi connectivity index (χ1v) is 9.13. The van der Waals surface area contributed by atoms with Crippen molar-refractivity contribution in [2.75, 3.05) is 33.2 Å². The molecule has 0 unspecified atom stereocenters. The Balaban J connectivity index is 1.65. The maximum atomic E-state index is 12.5. The monoisotopic (exact) mass is 370 g/mol. The van der Waals surface area contributed by atoms with E-state index in [1.807, 2.05) is 12.1 Å². The average Bonchev–Trinajstić information content (AvgIpc) is 3.22. The zero-order chi connectivity index (χ0) is 16.4. The van der Waals surface area contributed by atoms with Crippen molar-refractivity contribution in [2.24, 2.45) is 0 Å². The summed E-state index contributed by atoms with van der Waals surface area (Å²) in [4.78, 5) is 32.9. The molecule has 23 heavy (non-hydrogen) atoms. The Kier molecular flexibility index (Phi) is 4.84. The van der Waals surface area contributed by atoms with Crippen molar-refractivity contribution in [3.63, 3.8) is 0 Å². The molecule has 1 fully saturated rings. The van der Waals surface area contributed by atoms with Gasteiger partial charge in [0.15, 0.2) is 0 Å². The van der Waals surface area contributed by atoms with Crippen LogP contribution in [0.25, 0.3) is 9.88 Å². The van der Waals surface area contributed by atoms with Gasteiger partial charge in [-0.05, 0) is 12.1 Å². The van der Waals surface area contributed by atoms with Crippen LogP contribution in [0.3, 0.4) is 0 Å². The number of thiophene rings is 1. The van der Waals surface area contributed by atoms with Gasteiger partial charge in [0.1, 0.15) is 10.7 Å². The molecule has 0 atom stereocenters. The number of urea groups is 1. The quantitative estimate of drug-likeness (QED) is 0.883. The zero-order valence-corrected chi connectivity index (χ0v) is 14.8. The number of piperazine rings is 1. The van der Waals surface area contributed by atoms with Gasteiger partial charge in [-0.1, -0.05) is 11.6 Å². The van der Waals surface area contributed by atoms with Gasteiger partial charge >= 0.3 is 6.03 Å². The lowest BCUT2D eigenvalue weighted by Crippen LogP contribution is -2.52. The van der Waals surface area contributed by atoms with Crippen LogP contribution in [0, 0.1) is 0 Å². The van der Waals surface area contributed by atoms with Crippen LogP contribution in [0.15, 0.2) is 17.5 Å². The van der Waals surface area contributed by atoms with Crippen LogP contribution in [0.1, 0.15) is 10.5 Å². The van der Waals surface area contributed by atoms with E-state index in [9.17, 15) is 9.59 Å². The molecule has 0 saturated carbocycles. The first-order valence-electron chi connectivity index (χ1n) is 7.05. The van der Waals surface area contributed by atoms with E-state index >= 15 is 0 Å². The van der Waals surface area contributed by atoms with Crippen molar-refractivity contribution in [3.8, 4) is 9.88 Å². The van der Waals surface area contributed by atoms with Gasteiger partial charge in [-0.25, -0.2) is 9.78 Å². The van der Waals surface area contributed by atoms with Gasteiger partial charge in [0.2, 0.25) is 0 Å². The highest BCUT2D eigenvalue weighted by molar-refractivity contribution is 7.23. The summed E-state index contributed by atoms with van der Waals surface area (Å²) in [6.07, 6.45) is 0. The Bertz CT molecular complexity index is 722. The third-order valence-electron chi connectivity index (χ3n) is 3.58. The van der Waals surface area contributed by atoms with E-state index in [0.717, 1.165) is 9.88 Å². The van der Waals surface area contributed by atoms with Gasteiger partial charge in [-0.2, -0.15) is 0 Å². The molecule has 2 aromatic rings. The van der Waals surface area contributed by atoms with Gasteiger partial charge in [-0.3, -0.25) is 4.79 Å². The van der Waals surface area contributed by atoms with Crippen LogP contribution in [0.2, 0.25) is 4.34 Å². The second-order valence-electron chi connectivity index (χ2n) is 4.98. The van der Waals surface area contributed by atoms with Crippen LogP contribution >= 0.6 is 34.3 Å². The zero-order valence-electron chi connectivity index (χ0n) is 12.4. The molecule has 1 aliphatic heterocycles. The fourth-order valence-electron chi connectivity index (χ4n) is 2.35. The average molecular weight is 371 g/mol. The lowest BCUT2D eigenvalue weighted by molar-refractivity contribution is 0.0661. The molecule has 122 valence electrons. The minimum atomic E-state index is -0.109. The molecular weight excluding hydrogens is 356 g/mol. The van der Waals surface area contributed by atoms with E-state index in [2.05, 4.69) is 10.3 Å². The minimum absolute atomic E-state index is 0.0910. The van der Waals surface area contributed by atoms with E-state index < -0.39 is 0 Å². The van der Waals surface area contributed by atoms with Crippen LogP contribution < -0.4 is 5.32 Å². The number of hydrogen-bond acceptors (Lipinski definition) is 5. The second kappa shape index (κ2) is 6.86. The Morgan fingerprint density at radius 2 is 1.91 bits per heavy atom. The first kappa shape index (κ1) is 16.2. The number of rotatable bonds is 2. The molecular formula is C14H15ClN4O2S2. The number of carbonyl (C=O) groups is 2. The normalized spacial score (nSPS) is 14.9. The molecule has 6 nitrogen and oxygen atoms in total. The van der Waals surface area contributed by atoms with Gasteiger partial charge < -0.3 is 15.1 Å².